The Balaban J connectivity index is 1.48. The number of nitrogens with zero attached hydrogens (tertiary/aromatic N) is 3. The van der Waals surface area contributed by atoms with Crippen molar-refractivity contribution in [3.8, 4) is 11.4 Å². The van der Waals surface area contributed by atoms with Crippen molar-refractivity contribution in [2.45, 2.75) is 19.5 Å². The number of methoxy groups -OCH3 is 1. The van der Waals surface area contributed by atoms with Gasteiger partial charge in [0.25, 0.3) is 5.91 Å². The van der Waals surface area contributed by atoms with Gasteiger partial charge in [-0.15, -0.1) is 0 Å². The zero-order chi connectivity index (χ0) is 21.8. The molecule has 0 spiro atoms. The molecule has 31 heavy (non-hydrogen) atoms. The van der Waals surface area contributed by atoms with Crippen LogP contribution in [-0.4, -0.2) is 53.2 Å². The van der Waals surface area contributed by atoms with Gasteiger partial charge in [-0.05, 0) is 17.7 Å². The summed E-state index contributed by atoms with van der Waals surface area (Å²) in [5.74, 6) is -0.134. The maximum atomic E-state index is 13.0. The average molecular weight is 420 g/mol. The summed E-state index contributed by atoms with van der Waals surface area (Å²) < 4.78 is 10.0. The molecule has 0 radical (unpaired) electrons. The first-order valence-corrected chi connectivity index (χ1v) is 10.1. The van der Waals surface area contributed by atoms with Crippen molar-refractivity contribution in [1.82, 2.24) is 20.4 Å². The predicted molar refractivity (Wildman–Crippen MR) is 113 cm³/mol. The Labute approximate surface area is 180 Å². The van der Waals surface area contributed by atoms with E-state index in [4.69, 9.17) is 9.26 Å². The maximum Gasteiger partial charge on any atom is 0.312 e. The maximum absolute atomic E-state index is 13.0. The molecule has 2 atom stereocenters. The number of likely N-dealkylation sites (tertiary alicyclic amines) is 1. The third-order valence-electron chi connectivity index (χ3n) is 5.38. The highest BCUT2D eigenvalue weighted by atomic mass is 16.5. The summed E-state index contributed by atoms with van der Waals surface area (Å²) in [6, 6.07) is 16.7. The van der Waals surface area contributed by atoms with Crippen molar-refractivity contribution >= 4 is 11.9 Å². The number of carbonyl (C=O) groups excluding carboxylic acids is 2. The fourth-order valence-electron chi connectivity index (χ4n) is 3.86. The fourth-order valence-corrected chi connectivity index (χ4v) is 3.86. The van der Waals surface area contributed by atoms with E-state index in [0.29, 0.717) is 42.5 Å². The summed E-state index contributed by atoms with van der Waals surface area (Å²) in [6.07, 6.45) is 0. The number of aryl methyl sites for hydroxylation is 1. The molecule has 8 nitrogen and oxygen atoms in total. The molecular weight excluding hydrogens is 396 g/mol. The summed E-state index contributed by atoms with van der Waals surface area (Å²) in [4.78, 5) is 31.7. The molecule has 1 fully saturated rings. The Kier molecular flexibility index (Phi) is 6.08. The fraction of sp³-hybridized carbons (Fsp3) is 0.304. The number of aromatic nitrogens is 2. The van der Waals surface area contributed by atoms with Crippen molar-refractivity contribution in [2.24, 2.45) is 5.92 Å². The molecule has 0 bridgehead atoms. The summed E-state index contributed by atoms with van der Waals surface area (Å²) in [5.41, 5.74) is 2.30. The first kappa shape index (κ1) is 20.7. The minimum atomic E-state index is -0.430. The summed E-state index contributed by atoms with van der Waals surface area (Å²) in [6.45, 7) is 3.49. The Morgan fingerprint density at radius 2 is 1.97 bits per heavy atom. The lowest BCUT2D eigenvalue weighted by atomic mass is 10.0. The summed E-state index contributed by atoms with van der Waals surface area (Å²) in [5, 5.41) is 6.91. The van der Waals surface area contributed by atoms with Crippen LogP contribution in [0.3, 0.4) is 0 Å². The Bertz CT molecular complexity index is 1070. The standard InChI is InChI=1S/C23H24N4O4/c1-15-24-21(26-31-15)17-9-6-10-18(11-17)22(28)25-20-14-27(13-19(20)23(29)30-2)12-16-7-4-3-5-8-16/h3-11,19-20H,12-14H2,1-2H3,(H,25,28)/t19-,20-/m1/s1. The van der Waals surface area contributed by atoms with Crippen molar-refractivity contribution in [3.63, 3.8) is 0 Å². The van der Waals surface area contributed by atoms with E-state index in [2.05, 4.69) is 20.4 Å². The van der Waals surface area contributed by atoms with Gasteiger partial charge < -0.3 is 14.6 Å². The van der Waals surface area contributed by atoms with E-state index in [1.807, 2.05) is 36.4 Å². The van der Waals surface area contributed by atoms with Crippen LogP contribution in [0.1, 0.15) is 21.8 Å². The van der Waals surface area contributed by atoms with E-state index >= 15 is 0 Å². The Hall–Kier alpha value is -3.52. The molecule has 2 heterocycles. The van der Waals surface area contributed by atoms with Crippen LogP contribution in [-0.2, 0) is 16.1 Å². The van der Waals surface area contributed by atoms with Crippen molar-refractivity contribution in [2.75, 3.05) is 20.2 Å². The highest BCUT2D eigenvalue weighted by molar-refractivity contribution is 5.95. The van der Waals surface area contributed by atoms with Gasteiger partial charge >= 0.3 is 5.97 Å². The number of nitrogens with one attached hydrogen (secondary N) is 1. The largest absolute Gasteiger partial charge is 0.469 e. The van der Waals surface area contributed by atoms with E-state index in [1.165, 1.54) is 7.11 Å². The van der Waals surface area contributed by atoms with Gasteiger partial charge in [-0.2, -0.15) is 4.98 Å². The number of amides is 1. The van der Waals surface area contributed by atoms with Crippen LogP contribution < -0.4 is 5.32 Å². The van der Waals surface area contributed by atoms with Gasteiger partial charge in [0.1, 0.15) is 0 Å². The van der Waals surface area contributed by atoms with Crippen LogP contribution in [0.2, 0.25) is 0 Å². The highest BCUT2D eigenvalue weighted by Gasteiger charge is 2.39. The summed E-state index contributed by atoms with van der Waals surface area (Å²) in [7, 11) is 1.37. The zero-order valence-corrected chi connectivity index (χ0v) is 17.4. The van der Waals surface area contributed by atoms with Gasteiger partial charge in [-0.25, -0.2) is 0 Å². The minimum absolute atomic E-state index is 0.262. The second-order valence-corrected chi connectivity index (χ2v) is 7.61. The van der Waals surface area contributed by atoms with Crippen LogP contribution in [0.5, 0.6) is 0 Å². The van der Waals surface area contributed by atoms with E-state index < -0.39 is 5.92 Å². The lowest BCUT2D eigenvalue weighted by Gasteiger charge is -2.18. The number of hydrogen-bond donors (Lipinski definition) is 1. The van der Waals surface area contributed by atoms with Crippen LogP contribution >= 0.6 is 0 Å². The molecule has 8 heteroatoms. The van der Waals surface area contributed by atoms with Crippen molar-refractivity contribution in [1.29, 1.82) is 0 Å². The third kappa shape index (κ3) is 4.80. The van der Waals surface area contributed by atoms with Crippen LogP contribution in [0.4, 0.5) is 0 Å². The van der Waals surface area contributed by atoms with E-state index in [0.717, 1.165) is 5.56 Å². The molecule has 1 aliphatic rings. The molecule has 1 saturated heterocycles. The molecular formula is C23H24N4O4. The number of benzene rings is 2. The normalized spacial score (nSPS) is 18.6. The smallest absolute Gasteiger partial charge is 0.312 e. The van der Waals surface area contributed by atoms with Gasteiger partial charge in [0, 0.05) is 37.7 Å². The predicted octanol–water partition coefficient (Wildman–Crippen LogP) is 2.45. The molecule has 4 rings (SSSR count). The average Bonchev–Trinajstić information content (AvgIpc) is 3.40. The van der Waals surface area contributed by atoms with E-state index in [1.54, 1.807) is 25.1 Å². The SMILES string of the molecule is COC(=O)[C@@H]1CN(Cc2ccccc2)C[C@H]1NC(=O)c1cccc(-c2noc(C)n2)c1. The lowest BCUT2D eigenvalue weighted by Crippen LogP contribution is -2.43. The molecule has 1 N–H and O–H groups in total. The highest BCUT2D eigenvalue weighted by Crippen LogP contribution is 2.22. The van der Waals surface area contributed by atoms with Gasteiger partial charge in [0.2, 0.25) is 11.7 Å². The van der Waals surface area contributed by atoms with Crippen LogP contribution in [0.25, 0.3) is 11.4 Å². The molecule has 0 unspecified atom stereocenters. The van der Waals surface area contributed by atoms with Crippen LogP contribution in [0, 0.1) is 12.8 Å². The molecule has 1 amide bonds. The van der Waals surface area contributed by atoms with E-state index in [-0.39, 0.29) is 17.9 Å². The number of esters is 1. The molecule has 0 saturated carbocycles. The minimum Gasteiger partial charge on any atom is -0.469 e. The number of ether oxygens (including phenoxy) is 1. The molecule has 0 aliphatic carbocycles. The monoisotopic (exact) mass is 420 g/mol. The second-order valence-electron chi connectivity index (χ2n) is 7.61. The Morgan fingerprint density at radius 3 is 2.68 bits per heavy atom. The van der Waals surface area contributed by atoms with Crippen molar-refractivity contribution < 1.29 is 18.8 Å². The van der Waals surface area contributed by atoms with Crippen LogP contribution in [0.15, 0.2) is 59.1 Å². The van der Waals surface area contributed by atoms with Gasteiger partial charge in [0.15, 0.2) is 0 Å². The lowest BCUT2D eigenvalue weighted by molar-refractivity contribution is -0.145. The molecule has 2 aromatic carbocycles. The first-order chi connectivity index (χ1) is 15.0. The molecule has 160 valence electrons. The third-order valence-corrected chi connectivity index (χ3v) is 5.38. The van der Waals surface area contributed by atoms with Gasteiger partial charge in [0.05, 0.1) is 19.1 Å². The first-order valence-electron chi connectivity index (χ1n) is 10.1. The topological polar surface area (TPSA) is 97.6 Å². The van der Waals surface area contributed by atoms with Gasteiger partial charge in [-0.1, -0.05) is 47.6 Å². The summed E-state index contributed by atoms with van der Waals surface area (Å²) >= 11 is 0. The molecule has 1 aromatic heterocycles. The second kappa shape index (κ2) is 9.09. The van der Waals surface area contributed by atoms with Crippen molar-refractivity contribution in [3.05, 3.63) is 71.6 Å². The quantitative estimate of drug-likeness (QED) is 0.612. The number of carbonyl (C=O) groups is 2. The zero-order valence-electron chi connectivity index (χ0n) is 17.4. The molecule has 3 aromatic rings. The van der Waals surface area contributed by atoms with E-state index in [9.17, 15) is 9.59 Å². The molecule has 1 aliphatic heterocycles. The number of rotatable bonds is 6. The Morgan fingerprint density at radius 1 is 1.16 bits per heavy atom. The van der Waals surface area contributed by atoms with Gasteiger partial charge in [-0.3, -0.25) is 14.5 Å². The number of hydrogen-bond acceptors (Lipinski definition) is 7.